The van der Waals surface area contributed by atoms with Gasteiger partial charge in [0, 0.05) is 7.11 Å². The largest absolute Gasteiger partial charge is 0.502 e. The van der Waals surface area contributed by atoms with E-state index in [4.69, 9.17) is 9.47 Å². The minimum absolute atomic E-state index is 0.625. The third-order valence-electron chi connectivity index (χ3n) is 0.622. The molecule has 0 bridgehead atoms. The summed E-state index contributed by atoms with van der Waals surface area (Å²) in [5.74, 6) is 0. The first-order valence-electron chi connectivity index (χ1n) is 2.67. The van der Waals surface area contributed by atoms with Crippen LogP contribution in [0.2, 0.25) is 0 Å². The second-order valence-electron chi connectivity index (χ2n) is 1.28. The molecule has 2 nitrogen and oxygen atoms in total. The van der Waals surface area contributed by atoms with Gasteiger partial charge in [-0.1, -0.05) is 0 Å². The molecule has 48 valence electrons. The molecule has 0 unspecified atom stereocenters. The van der Waals surface area contributed by atoms with E-state index >= 15 is 0 Å². The van der Waals surface area contributed by atoms with Crippen molar-refractivity contribution >= 4 is 0 Å². The topological polar surface area (TPSA) is 18.5 Å². The van der Waals surface area contributed by atoms with E-state index in [9.17, 15) is 0 Å². The number of methoxy groups -OCH3 is 1. The van der Waals surface area contributed by atoms with Gasteiger partial charge in [0.05, 0.1) is 19.5 Å². The van der Waals surface area contributed by atoms with E-state index in [1.54, 1.807) is 13.4 Å². The standard InChI is InChI=1S/C6H12O2/c1-3-8-6-4-5-7-2/h4,6H,3,5H2,1-2H3/b6-4+. The zero-order valence-electron chi connectivity index (χ0n) is 5.39. The van der Waals surface area contributed by atoms with Gasteiger partial charge >= 0.3 is 0 Å². The number of ether oxygens (including phenoxy) is 2. The van der Waals surface area contributed by atoms with Crippen LogP contribution in [0.1, 0.15) is 6.92 Å². The van der Waals surface area contributed by atoms with Crippen LogP contribution in [0.25, 0.3) is 0 Å². The molecule has 0 rings (SSSR count). The zero-order chi connectivity index (χ0) is 6.24. The van der Waals surface area contributed by atoms with Crippen molar-refractivity contribution in [2.24, 2.45) is 0 Å². The van der Waals surface area contributed by atoms with Crippen molar-refractivity contribution in [3.63, 3.8) is 0 Å². The molecule has 0 N–H and O–H groups in total. The minimum Gasteiger partial charge on any atom is -0.502 e. The summed E-state index contributed by atoms with van der Waals surface area (Å²) in [7, 11) is 1.65. The second kappa shape index (κ2) is 6.50. The molecule has 8 heavy (non-hydrogen) atoms. The Balaban J connectivity index is 2.83. The van der Waals surface area contributed by atoms with Crippen molar-refractivity contribution in [1.82, 2.24) is 0 Å². The van der Waals surface area contributed by atoms with Crippen LogP contribution in [0.4, 0.5) is 0 Å². The summed E-state index contributed by atoms with van der Waals surface area (Å²) in [4.78, 5) is 0. The molecule has 0 heterocycles. The summed E-state index contributed by atoms with van der Waals surface area (Å²) >= 11 is 0. The van der Waals surface area contributed by atoms with Crippen molar-refractivity contribution in [2.45, 2.75) is 6.92 Å². The Morgan fingerprint density at radius 2 is 2.25 bits per heavy atom. The summed E-state index contributed by atoms with van der Waals surface area (Å²) < 4.78 is 9.60. The highest BCUT2D eigenvalue weighted by Gasteiger charge is 1.69. The Morgan fingerprint density at radius 3 is 2.75 bits per heavy atom. The zero-order valence-corrected chi connectivity index (χ0v) is 5.39. The van der Waals surface area contributed by atoms with E-state index in [-0.39, 0.29) is 0 Å². The van der Waals surface area contributed by atoms with E-state index in [1.165, 1.54) is 0 Å². The van der Waals surface area contributed by atoms with Gasteiger partial charge in [0.15, 0.2) is 0 Å². The molecule has 0 saturated heterocycles. The normalized spacial score (nSPS) is 10.2. The fraction of sp³-hybridized carbons (Fsp3) is 0.667. The highest BCUT2D eigenvalue weighted by molar-refractivity contribution is 4.71. The van der Waals surface area contributed by atoms with E-state index in [0.717, 1.165) is 6.61 Å². The SMILES string of the molecule is CCO/C=C/COC. The van der Waals surface area contributed by atoms with Crippen molar-refractivity contribution in [1.29, 1.82) is 0 Å². The molecular formula is C6H12O2. The van der Waals surface area contributed by atoms with E-state index in [0.29, 0.717) is 6.61 Å². The molecule has 0 fully saturated rings. The van der Waals surface area contributed by atoms with E-state index in [1.807, 2.05) is 13.0 Å². The van der Waals surface area contributed by atoms with Crippen molar-refractivity contribution < 1.29 is 9.47 Å². The van der Waals surface area contributed by atoms with Gasteiger partial charge in [-0.05, 0) is 13.0 Å². The molecule has 0 aromatic rings. The first kappa shape index (κ1) is 7.50. The van der Waals surface area contributed by atoms with Gasteiger partial charge in [0.25, 0.3) is 0 Å². The lowest BCUT2D eigenvalue weighted by Crippen LogP contribution is -1.82. The van der Waals surface area contributed by atoms with Crippen LogP contribution >= 0.6 is 0 Å². The van der Waals surface area contributed by atoms with Crippen LogP contribution in [0.5, 0.6) is 0 Å². The molecule has 0 amide bonds. The average Bonchev–Trinajstić information content (AvgIpc) is 1.81. The van der Waals surface area contributed by atoms with E-state index < -0.39 is 0 Å². The predicted molar refractivity (Wildman–Crippen MR) is 32.6 cm³/mol. The van der Waals surface area contributed by atoms with Crippen LogP contribution in [-0.2, 0) is 9.47 Å². The Morgan fingerprint density at radius 1 is 1.50 bits per heavy atom. The molecule has 0 atom stereocenters. The first-order chi connectivity index (χ1) is 3.91. The number of rotatable bonds is 4. The fourth-order valence-corrected chi connectivity index (χ4v) is 0.300. The van der Waals surface area contributed by atoms with Crippen LogP contribution in [-0.4, -0.2) is 20.3 Å². The summed E-state index contributed by atoms with van der Waals surface area (Å²) in [6.45, 7) is 3.29. The summed E-state index contributed by atoms with van der Waals surface area (Å²) in [5, 5.41) is 0. The van der Waals surface area contributed by atoms with Crippen molar-refractivity contribution in [2.75, 3.05) is 20.3 Å². The first-order valence-corrected chi connectivity index (χ1v) is 2.67. The number of hydrogen-bond donors (Lipinski definition) is 0. The lowest BCUT2D eigenvalue weighted by molar-refractivity contribution is 0.223. The lowest BCUT2D eigenvalue weighted by Gasteiger charge is -1.90. The maximum atomic E-state index is 4.88. The highest BCUT2D eigenvalue weighted by atomic mass is 16.5. The molecule has 0 aliphatic rings. The molecule has 0 aromatic carbocycles. The summed E-state index contributed by atoms with van der Waals surface area (Å²) in [5.41, 5.74) is 0. The Kier molecular flexibility index (Phi) is 6.09. The van der Waals surface area contributed by atoms with Crippen LogP contribution in [0.3, 0.4) is 0 Å². The molecule has 0 aromatic heterocycles. The minimum atomic E-state index is 0.625. The lowest BCUT2D eigenvalue weighted by atomic mass is 10.7. The molecule has 0 spiro atoms. The van der Waals surface area contributed by atoms with Gasteiger partial charge in [-0.2, -0.15) is 0 Å². The predicted octanol–water partition coefficient (Wildman–Crippen LogP) is 1.18. The smallest absolute Gasteiger partial charge is 0.0845 e. The maximum absolute atomic E-state index is 4.88. The summed E-state index contributed by atoms with van der Waals surface area (Å²) in [6, 6.07) is 0. The van der Waals surface area contributed by atoms with Crippen molar-refractivity contribution in [3.05, 3.63) is 12.3 Å². The third kappa shape index (κ3) is 5.50. The average molecular weight is 116 g/mol. The Labute approximate surface area is 50.1 Å². The van der Waals surface area contributed by atoms with Crippen LogP contribution < -0.4 is 0 Å². The molecule has 0 radical (unpaired) electrons. The van der Waals surface area contributed by atoms with Gasteiger partial charge in [-0.15, -0.1) is 0 Å². The van der Waals surface area contributed by atoms with Gasteiger partial charge in [-0.25, -0.2) is 0 Å². The molecule has 0 aliphatic carbocycles. The molecule has 0 aliphatic heterocycles. The quantitative estimate of drug-likeness (QED) is 0.513. The highest BCUT2D eigenvalue weighted by Crippen LogP contribution is 1.76. The maximum Gasteiger partial charge on any atom is 0.0845 e. The summed E-state index contributed by atoms with van der Waals surface area (Å²) in [6.07, 6.45) is 3.47. The molecule has 0 saturated carbocycles. The Bertz CT molecular complexity index is 51.5. The monoisotopic (exact) mass is 116 g/mol. The van der Waals surface area contributed by atoms with Gasteiger partial charge in [0.2, 0.25) is 0 Å². The van der Waals surface area contributed by atoms with Gasteiger partial charge < -0.3 is 9.47 Å². The molecular weight excluding hydrogens is 104 g/mol. The third-order valence-corrected chi connectivity index (χ3v) is 0.622. The molecule has 2 heteroatoms. The van der Waals surface area contributed by atoms with Crippen LogP contribution in [0.15, 0.2) is 12.3 Å². The van der Waals surface area contributed by atoms with E-state index in [2.05, 4.69) is 0 Å². The van der Waals surface area contributed by atoms with Gasteiger partial charge in [0.1, 0.15) is 0 Å². The Hall–Kier alpha value is -0.500. The fourth-order valence-electron chi connectivity index (χ4n) is 0.300. The van der Waals surface area contributed by atoms with Crippen LogP contribution in [0, 0.1) is 0 Å². The van der Waals surface area contributed by atoms with Gasteiger partial charge in [-0.3, -0.25) is 0 Å². The number of hydrogen-bond acceptors (Lipinski definition) is 2. The van der Waals surface area contributed by atoms with Crippen molar-refractivity contribution in [3.8, 4) is 0 Å². The second-order valence-corrected chi connectivity index (χ2v) is 1.28.